The van der Waals surface area contributed by atoms with Gasteiger partial charge in [-0.25, -0.2) is 8.78 Å². The Morgan fingerprint density at radius 1 is 1.27 bits per heavy atom. The van der Waals surface area contributed by atoms with Gasteiger partial charge >= 0.3 is 0 Å². The molecule has 1 saturated carbocycles. The van der Waals surface area contributed by atoms with Crippen LogP contribution in [-0.4, -0.2) is 48.4 Å². The summed E-state index contributed by atoms with van der Waals surface area (Å²) in [6, 6.07) is 4.89. The second-order valence-corrected chi connectivity index (χ2v) is 7.68. The van der Waals surface area contributed by atoms with E-state index < -0.39 is 34.8 Å². The molecule has 2 N–H and O–H groups in total. The van der Waals surface area contributed by atoms with Crippen LogP contribution in [0.3, 0.4) is 0 Å². The Morgan fingerprint density at radius 3 is 2.60 bits per heavy atom. The summed E-state index contributed by atoms with van der Waals surface area (Å²) in [7, 11) is 1.37. The Morgan fingerprint density at radius 2 is 1.97 bits per heavy atom. The van der Waals surface area contributed by atoms with E-state index in [1.165, 1.54) is 37.6 Å². The smallest absolute Gasteiger partial charge is 0.267 e. The van der Waals surface area contributed by atoms with Crippen LogP contribution < -0.4 is 15.5 Å². The molecule has 2 aromatic rings. The van der Waals surface area contributed by atoms with E-state index in [9.17, 15) is 23.2 Å². The van der Waals surface area contributed by atoms with E-state index in [1.807, 2.05) is 0 Å². The van der Waals surface area contributed by atoms with Crippen LogP contribution in [0.25, 0.3) is 0 Å². The molecule has 4 rings (SSSR count). The van der Waals surface area contributed by atoms with Crippen LogP contribution in [0.5, 0.6) is 5.75 Å². The van der Waals surface area contributed by atoms with Crippen molar-refractivity contribution in [3.63, 3.8) is 0 Å². The highest BCUT2D eigenvalue weighted by Crippen LogP contribution is 2.50. The van der Waals surface area contributed by atoms with Crippen LogP contribution in [-0.2, 0) is 4.79 Å². The fraction of sp³-hybridized carbons (Fsp3) is 0.381. The molecule has 2 amide bonds. The van der Waals surface area contributed by atoms with Gasteiger partial charge in [0.25, 0.3) is 5.91 Å². The minimum atomic E-state index is -0.615. The van der Waals surface area contributed by atoms with Gasteiger partial charge in [0.15, 0.2) is 5.75 Å². The van der Waals surface area contributed by atoms with Gasteiger partial charge in [0.1, 0.15) is 17.3 Å². The summed E-state index contributed by atoms with van der Waals surface area (Å²) in [4.78, 5) is 40.8. The zero-order valence-corrected chi connectivity index (χ0v) is 16.3. The molecule has 7 nitrogen and oxygen atoms in total. The number of H-pyrrole nitrogens is 1. The predicted octanol–water partition coefficient (Wildman–Crippen LogP) is 1.65. The van der Waals surface area contributed by atoms with Crippen LogP contribution in [0.15, 0.2) is 35.3 Å². The van der Waals surface area contributed by atoms with E-state index in [-0.39, 0.29) is 28.8 Å². The van der Waals surface area contributed by atoms with Crippen LogP contribution in [0.1, 0.15) is 28.4 Å². The molecule has 9 heteroatoms. The van der Waals surface area contributed by atoms with Crippen molar-refractivity contribution in [3.8, 4) is 5.75 Å². The molecule has 30 heavy (non-hydrogen) atoms. The van der Waals surface area contributed by atoms with Gasteiger partial charge in [0.2, 0.25) is 11.3 Å². The quantitative estimate of drug-likeness (QED) is 0.748. The molecule has 2 heterocycles. The zero-order valence-electron chi connectivity index (χ0n) is 16.3. The van der Waals surface area contributed by atoms with Gasteiger partial charge < -0.3 is 19.9 Å². The summed E-state index contributed by atoms with van der Waals surface area (Å²) in [6.45, 7) is 1.30. The maximum Gasteiger partial charge on any atom is 0.267 e. The van der Waals surface area contributed by atoms with Crippen molar-refractivity contribution in [1.82, 2.24) is 15.2 Å². The van der Waals surface area contributed by atoms with Gasteiger partial charge in [-0.1, -0.05) is 6.07 Å². The molecule has 0 spiro atoms. The van der Waals surface area contributed by atoms with Gasteiger partial charge in [-0.05, 0) is 18.6 Å². The van der Waals surface area contributed by atoms with Gasteiger partial charge in [-0.2, -0.15) is 0 Å². The number of halogens is 2. The molecular weight excluding hydrogens is 396 g/mol. The van der Waals surface area contributed by atoms with E-state index >= 15 is 0 Å². The lowest BCUT2D eigenvalue weighted by atomic mass is 9.98. The number of methoxy groups -OCH3 is 1. The van der Waals surface area contributed by atoms with Crippen LogP contribution in [0, 0.1) is 23.5 Å². The first kappa shape index (κ1) is 20.1. The van der Waals surface area contributed by atoms with Crippen molar-refractivity contribution >= 4 is 11.8 Å². The largest absolute Gasteiger partial charge is 0.491 e. The average molecular weight is 417 g/mol. The molecule has 1 aromatic carbocycles. The number of hydrogen-bond donors (Lipinski definition) is 2. The summed E-state index contributed by atoms with van der Waals surface area (Å²) in [6.07, 6.45) is 1.77. The summed E-state index contributed by atoms with van der Waals surface area (Å²) in [5.41, 5.74) is -0.276. The number of nitrogens with zero attached hydrogens (tertiary/aromatic N) is 1. The molecule has 2 aliphatic rings. The fourth-order valence-electron chi connectivity index (χ4n) is 3.85. The molecule has 0 radical (unpaired) electrons. The maximum absolute atomic E-state index is 13.9. The van der Waals surface area contributed by atoms with E-state index in [2.05, 4.69) is 10.3 Å². The molecule has 0 unspecified atom stereocenters. The van der Waals surface area contributed by atoms with Crippen molar-refractivity contribution in [3.05, 3.63) is 63.6 Å². The lowest BCUT2D eigenvalue weighted by molar-refractivity contribution is -0.138. The first-order valence-electron chi connectivity index (χ1n) is 9.66. The third-order valence-electron chi connectivity index (χ3n) is 5.64. The first-order valence-corrected chi connectivity index (χ1v) is 9.66. The standard InChI is InChI=1S/C21H21F2N3O4/c1-30-18-8-24-16(6-17(18)27)20(28)25-7-11-9-26(10-11)21(29)13-5-12(13)19-14(22)3-2-4-15(19)23/h2-4,6,8,11-13H,5,7,9-10H2,1H3,(H,24,27)(H,25,28)/t12-,13-/m1/s1. The van der Waals surface area contributed by atoms with Crippen molar-refractivity contribution in [2.45, 2.75) is 12.3 Å². The molecule has 1 aromatic heterocycles. The van der Waals surface area contributed by atoms with Crippen molar-refractivity contribution in [2.24, 2.45) is 11.8 Å². The van der Waals surface area contributed by atoms with Crippen molar-refractivity contribution < 1.29 is 23.1 Å². The number of rotatable bonds is 6. The second-order valence-electron chi connectivity index (χ2n) is 7.68. The Balaban J connectivity index is 1.25. The number of benzene rings is 1. The minimum absolute atomic E-state index is 0.00586. The average Bonchev–Trinajstić information content (AvgIpc) is 3.46. The number of aromatic nitrogens is 1. The number of aromatic amines is 1. The Bertz CT molecular complexity index is 1030. The topological polar surface area (TPSA) is 91.5 Å². The predicted molar refractivity (Wildman–Crippen MR) is 103 cm³/mol. The molecule has 1 aliphatic carbocycles. The summed E-state index contributed by atoms with van der Waals surface area (Å²) in [5.74, 6) is -2.35. The molecule has 2 fully saturated rings. The lowest BCUT2D eigenvalue weighted by Crippen LogP contribution is -2.54. The monoisotopic (exact) mass is 417 g/mol. The molecule has 158 valence electrons. The molecule has 1 saturated heterocycles. The second kappa shape index (κ2) is 7.89. The number of carbonyl (C=O) groups excluding carboxylic acids is 2. The number of nitrogens with one attached hydrogen (secondary N) is 2. The van der Waals surface area contributed by atoms with E-state index in [1.54, 1.807) is 4.90 Å². The molecule has 2 atom stereocenters. The number of pyridine rings is 1. The highest BCUT2D eigenvalue weighted by molar-refractivity contribution is 5.92. The maximum atomic E-state index is 13.9. The molecule has 1 aliphatic heterocycles. The third-order valence-corrected chi connectivity index (χ3v) is 5.64. The fourth-order valence-corrected chi connectivity index (χ4v) is 3.85. The number of amides is 2. The summed E-state index contributed by atoms with van der Waals surface area (Å²) in [5, 5.41) is 2.73. The van der Waals surface area contributed by atoms with Gasteiger partial charge in [0.05, 0.1) is 7.11 Å². The Labute approximate surface area is 171 Å². The zero-order chi connectivity index (χ0) is 21.4. The highest BCUT2D eigenvalue weighted by Gasteiger charge is 2.49. The Kier molecular flexibility index (Phi) is 5.27. The SMILES string of the molecule is COc1c[nH]c(C(=O)NCC2CN(C(=O)[C@@H]3C[C@H]3c3c(F)cccc3F)C2)cc1=O. The highest BCUT2D eigenvalue weighted by atomic mass is 19.1. The Hall–Kier alpha value is -3.23. The molecule has 0 bridgehead atoms. The van der Waals surface area contributed by atoms with Gasteiger partial charge in [-0.3, -0.25) is 14.4 Å². The van der Waals surface area contributed by atoms with Gasteiger partial charge in [-0.15, -0.1) is 0 Å². The van der Waals surface area contributed by atoms with Gasteiger partial charge in [0, 0.05) is 55.2 Å². The lowest BCUT2D eigenvalue weighted by Gasteiger charge is -2.39. The normalized spacial score (nSPS) is 20.4. The molecular formula is C21H21F2N3O4. The number of carbonyl (C=O) groups is 2. The third kappa shape index (κ3) is 3.79. The van der Waals surface area contributed by atoms with Crippen LogP contribution >= 0.6 is 0 Å². The van der Waals surface area contributed by atoms with Crippen LogP contribution in [0.4, 0.5) is 8.78 Å². The summed E-state index contributed by atoms with van der Waals surface area (Å²) >= 11 is 0. The number of hydrogen-bond acceptors (Lipinski definition) is 4. The summed E-state index contributed by atoms with van der Waals surface area (Å²) < 4.78 is 32.6. The van der Waals surface area contributed by atoms with Crippen molar-refractivity contribution in [1.29, 1.82) is 0 Å². The van der Waals surface area contributed by atoms with E-state index in [0.29, 0.717) is 26.1 Å². The first-order chi connectivity index (χ1) is 14.4. The number of likely N-dealkylation sites (tertiary alicyclic amines) is 1. The van der Waals surface area contributed by atoms with Crippen molar-refractivity contribution in [2.75, 3.05) is 26.7 Å². The van der Waals surface area contributed by atoms with E-state index in [0.717, 1.165) is 0 Å². The minimum Gasteiger partial charge on any atom is -0.491 e. The van der Waals surface area contributed by atoms with Crippen LogP contribution in [0.2, 0.25) is 0 Å². The van der Waals surface area contributed by atoms with E-state index in [4.69, 9.17) is 4.74 Å². The number of ether oxygens (including phenoxy) is 1.